The lowest BCUT2D eigenvalue weighted by atomic mass is 10.1. The van der Waals surface area contributed by atoms with Crippen LogP contribution < -0.4 is 5.56 Å². The number of morpholine rings is 1. The molecule has 3 heterocycles. The molecule has 0 radical (unpaired) electrons. The van der Waals surface area contributed by atoms with Gasteiger partial charge in [0.05, 0.1) is 23.9 Å². The maximum Gasteiger partial charge on any atom is 0.264 e. The smallest absolute Gasteiger partial charge is 0.264 e. The molecule has 6 nitrogen and oxygen atoms in total. The highest BCUT2D eigenvalue weighted by molar-refractivity contribution is 7.12. The number of nitrogens with zero attached hydrogens (tertiary/aromatic N) is 2. The average Bonchev–Trinajstić information content (AvgIpc) is 2.99. The first kappa shape index (κ1) is 15.9. The third-order valence-corrected chi connectivity index (χ3v) is 4.86. The van der Waals surface area contributed by atoms with Crippen molar-refractivity contribution in [3.05, 3.63) is 50.3 Å². The molecule has 1 amide bonds. The van der Waals surface area contributed by atoms with E-state index in [4.69, 9.17) is 4.74 Å². The molecular formula is C16H19N3O3S. The Kier molecular flexibility index (Phi) is 4.88. The highest BCUT2D eigenvalue weighted by Crippen LogP contribution is 2.19. The van der Waals surface area contributed by atoms with Gasteiger partial charge in [-0.2, -0.15) is 0 Å². The molecular weight excluding hydrogens is 314 g/mol. The highest BCUT2D eigenvalue weighted by atomic mass is 32.1. The lowest BCUT2D eigenvalue weighted by molar-refractivity contribution is -0.0245. The molecule has 2 aromatic rings. The summed E-state index contributed by atoms with van der Waals surface area (Å²) in [5, 5.41) is 1.99. The summed E-state index contributed by atoms with van der Waals surface area (Å²) in [4.78, 5) is 33.0. The van der Waals surface area contributed by atoms with Gasteiger partial charge in [0.15, 0.2) is 0 Å². The van der Waals surface area contributed by atoms with Crippen molar-refractivity contribution in [2.75, 3.05) is 19.7 Å². The number of amides is 1. The Balaban J connectivity index is 1.57. The van der Waals surface area contributed by atoms with Crippen LogP contribution in [0.3, 0.4) is 0 Å². The molecule has 2 aromatic heterocycles. The van der Waals surface area contributed by atoms with Crippen LogP contribution >= 0.6 is 11.3 Å². The standard InChI is InChI=1S/C16H19N3O3S/c1-11-6-14(23-9-11)16(21)19-4-5-22-13(8-19)3-2-12-7-15(20)18-10-17-12/h6-7,9-10,13H,2-5,8H2,1H3,(H,17,18,20)/t13-/m1/s1. The Morgan fingerprint density at radius 1 is 1.52 bits per heavy atom. The fourth-order valence-electron chi connectivity index (χ4n) is 2.63. The zero-order valence-corrected chi connectivity index (χ0v) is 13.8. The van der Waals surface area contributed by atoms with Gasteiger partial charge in [-0.15, -0.1) is 11.3 Å². The maximum absolute atomic E-state index is 12.5. The monoisotopic (exact) mass is 333 g/mol. The van der Waals surface area contributed by atoms with Gasteiger partial charge in [-0.05, 0) is 36.8 Å². The molecule has 7 heteroatoms. The minimum Gasteiger partial charge on any atom is -0.375 e. The molecule has 23 heavy (non-hydrogen) atoms. The Labute approximate surface area is 138 Å². The molecule has 1 aliphatic rings. The number of H-pyrrole nitrogens is 1. The quantitative estimate of drug-likeness (QED) is 0.922. The molecule has 0 saturated carbocycles. The summed E-state index contributed by atoms with van der Waals surface area (Å²) in [5.74, 6) is 0.0747. The number of carbonyl (C=O) groups excluding carboxylic acids is 1. The summed E-state index contributed by atoms with van der Waals surface area (Å²) < 4.78 is 5.75. The number of rotatable bonds is 4. The average molecular weight is 333 g/mol. The van der Waals surface area contributed by atoms with E-state index >= 15 is 0 Å². The van der Waals surface area contributed by atoms with E-state index in [1.54, 1.807) is 0 Å². The molecule has 1 fully saturated rings. The first-order valence-corrected chi connectivity index (χ1v) is 8.49. The van der Waals surface area contributed by atoms with Crippen LogP contribution in [0.25, 0.3) is 0 Å². The van der Waals surface area contributed by atoms with Crippen LogP contribution in [0, 0.1) is 6.92 Å². The van der Waals surface area contributed by atoms with Crippen molar-refractivity contribution in [1.82, 2.24) is 14.9 Å². The predicted octanol–water partition coefficient (Wildman–Crippen LogP) is 1.61. The Morgan fingerprint density at radius 3 is 3.13 bits per heavy atom. The Bertz CT molecular complexity index is 740. The summed E-state index contributed by atoms with van der Waals surface area (Å²) in [6.07, 6.45) is 2.79. The van der Waals surface area contributed by atoms with E-state index in [1.807, 2.05) is 23.3 Å². The topological polar surface area (TPSA) is 75.3 Å². The van der Waals surface area contributed by atoms with Crippen LogP contribution in [-0.2, 0) is 11.2 Å². The van der Waals surface area contributed by atoms with E-state index in [-0.39, 0.29) is 17.6 Å². The second-order valence-electron chi connectivity index (χ2n) is 5.67. The molecule has 1 saturated heterocycles. The fourth-order valence-corrected chi connectivity index (χ4v) is 3.50. The van der Waals surface area contributed by atoms with Gasteiger partial charge in [0.25, 0.3) is 11.5 Å². The number of aromatic amines is 1. The van der Waals surface area contributed by atoms with E-state index in [0.29, 0.717) is 26.1 Å². The number of hydrogen-bond donors (Lipinski definition) is 1. The number of carbonyl (C=O) groups is 1. The number of aryl methyl sites for hydroxylation is 2. The Morgan fingerprint density at radius 2 is 2.39 bits per heavy atom. The molecule has 122 valence electrons. The van der Waals surface area contributed by atoms with E-state index in [2.05, 4.69) is 9.97 Å². The summed E-state index contributed by atoms with van der Waals surface area (Å²) in [7, 11) is 0. The van der Waals surface area contributed by atoms with E-state index in [1.165, 1.54) is 23.7 Å². The zero-order chi connectivity index (χ0) is 16.2. The van der Waals surface area contributed by atoms with Crippen molar-refractivity contribution in [2.45, 2.75) is 25.9 Å². The normalized spacial score (nSPS) is 18.1. The highest BCUT2D eigenvalue weighted by Gasteiger charge is 2.25. The van der Waals surface area contributed by atoms with Gasteiger partial charge in [-0.1, -0.05) is 0 Å². The van der Waals surface area contributed by atoms with Gasteiger partial charge >= 0.3 is 0 Å². The number of ether oxygens (including phenoxy) is 1. The zero-order valence-electron chi connectivity index (χ0n) is 12.9. The van der Waals surface area contributed by atoms with Crippen LogP contribution in [0.1, 0.15) is 27.3 Å². The van der Waals surface area contributed by atoms with Crippen molar-refractivity contribution < 1.29 is 9.53 Å². The number of nitrogens with one attached hydrogen (secondary N) is 1. The first-order valence-electron chi connectivity index (χ1n) is 7.61. The van der Waals surface area contributed by atoms with Gasteiger partial charge < -0.3 is 14.6 Å². The first-order chi connectivity index (χ1) is 11.1. The second-order valence-corrected chi connectivity index (χ2v) is 6.58. The molecule has 0 spiro atoms. The number of thiophene rings is 1. The molecule has 0 aromatic carbocycles. The largest absolute Gasteiger partial charge is 0.375 e. The van der Waals surface area contributed by atoms with Crippen LogP contribution in [0.15, 0.2) is 28.6 Å². The lowest BCUT2D eigenvalue weighted by Crippen LogP contribution is -2.45. The summed E-state index contributed by atoms with van der Waals surface area (Å²) in [6.45, 7) is 3.74. The van der Waals surface area contributed by atoms with Crippen LogP contribution in [-0.4, -0.2) is 46.6 Å². The fraction of sp³-hybridized carbons (Fsp3) is 0.438. The van der Waals surface area contributed by atoms with Crippen molar-refractivity contribution in [3.63, 3.8) is 0 Å². The second kappa shape index (κ2) is 7.06. The van der Waals surface area contributed by atoms with Crippen molar-refractivity contribution in [2.24, 2.45) is 0 Å². The minimum atomic E-state index is -0.149. The van der Waals surface area contributed by atoms with E-state index in [0.717, 1.165) is 22.6 Å². The summed E-state index contributed by atoms with van der Waals surface area (Å²) in [5.41, 5.74) is 1.71. The van der Waals surface area contributed by atoms with E-state index < -0.39 is 0 Å². The third-order valence-electron chi connectivity index (χ3n) is 3.82. The number of aromatic nitrogens is 2. The molecule has 1 aliphatic heterocycles. The van der Waals surface area contributed by atoms with Gasteiger partial charge in [-0.3, -0.25) is 9.59 Å². The molecule has 3 rings (SSSR count). The van der Waals surface area contributed by atoms with Gasteiger partial charge in [0.1, 0.15) is 0 Å². The minimum absolute atomic E-state index is 0.0187. The summed E-state index contributed by atoms with van der Waals surface area (Å²) >= 11 is 1.48. The van der Waals surface area contributed by atoms with Gasteiger partial charge in [0.2, 0.25) is 0 Å². The van der Waals surface area contributed by atoms with Crippen molar-refractivity contribution in [1.29, 1.82) is 0 Å². The van der Waals surface area contributed by atoms with Crippen LogP contribution in [0.4, 0.5) is 0 Å². The Hall–Kier alpha value is -1.99. The van der Waals surface area contributed by atoms with Crippen molar-refractivity contribution in [3.8, 4) is 0 Å². The SMILES string of the molecule is Cc1csc(C(=O)N2CCO[C@H](CCc3cc(=O)[nH]cn3)C2)c1. The van der Waals surface area contributed by atoms with Gasteiger partial charge in [0, 0.05) is 24.8 Å². The van der Waals surface area contributed by atoms with E-state index in [9.17, 15) is 9.59 Å². The molecule has 1 N–H and O–H groups in total. The molecule has 0 aliphatic carbocycles. The van der Waals surface area contributed by atoms with Crippen LogP contribution in [0.5, 0.6) is 0 Å². The lowest BCUT2D eigenvalue weighted by Gasteiger charge is -2.32. The molecule has 0 unspecified atom stereocenters. The molecule has 0 bridgehead atoms. The van der Waals surface area contributed by atoms with Gasteiger partial charge in [-0.25, -0.2) is 4.98 Å². The maximum atomic E-state index is 12.5. The predicted molar refractivity (Wildman–Crippen MR) is 87.9 cm³/mol. The van der Waals surface area contributed by atoms with Crippen LogP contribution in [0.2, 0.25) is 0 Å². The third kappa shape index (κ3) is 4.05. The molecule has 1 atom stereocenters. The number of hydrogen-bond acceptors (Lipinski definition) is 5. The van der Waals surface area contributed by atoms with Crippen molar-refractivity contribution >= 4 is 17.2 Å². The summed E-state index contributed by atoms with van der Waals surface area (Å²) in [6, 6.07) is 3.43.